The molecule has 1 aromatic rings. The van der Waals surface area contributed by atoms with Crippen LogP contribution in [0, 0.1) is 17.8 Å². The number of hydrogen-bond acceptors (Lipinski definition) is 4. The van der Waals surface area contributed by atoms with Gasteiger partial charge in [-0.2, -0.15) is 5.10 Å². The molecule has 0 bridgehead atoms. The van der Waals surface area contributed by atoms with Crippen molar-refractivity contribution in [3.63, 3.8) is 0 Å². The molecular weight excluding hydrogens is 342 g/mol. The van der Waals surface area contributed by atoms with Gasteiger partial charge >= 0.3 is 0 Å². The molecule has 1 atom stereocenters. The third-order valence-corrected chi connectivity index (χ3v) is 5.69. The Morgan fingerprint density at radius 3 is 2.52 bits per heavy atom. The topological polar surface area (TPSA) is 79.3 Å². The molecule has 7 nitrogen and oxygen atoms in total. The maximum atomic E-state index is 12.7. The van der Waals surface area contributed by atoms with Crippen LogP contribution in [0.5, 0.6) is 0 Å². The maximum Gasteiger partial charge on any atom is 0.241 e. The zero-order valence-corrected chi connectivity index (χ0v) is 16.6. The second-order valence-electron chi connectivity index (χ2n) is 8.39. The number of hydrogen-bond donors (Lipinski definition) is 2. The lowest BCUT2D eigenvalue weighted by atomic mass is 9.94. The first-order valence-electron chi connectivity index (χ1n) is 10.3. The fraction of sp³-hybridized carbons (Fsp3) is 0.750. The van der Waals surface area contributed by atoms with Gasteiger partial charge in [0.25, 0.3) is 0 Å². The third-order valence-electron chi connectivity index (χ3n) is 5.69. The Balaban J connectivity index is 1.40. The molecule has 0 spiro atoms. The van der Waals surface area contributed by atoms with Crippen molar-refractivity contribution >= 4 is 11.8 Å². The van der Waals surface area contributed by atoms with Crippen LogP contribution in [0.1, 0.15) is 39.5 Å². The molecule has 27 heavy (non-hydrogen) atoms. The molecule has 1 unspecified atom stereocenters. The highest BCUT2D eigenvalue weighted by Gasteiger charge is 2.30. The largest absolute Gasteiger partial charge is 0.352 e. The van der Waals surface area contributed by atoms with Gasteiger partial charge in [-0.1, -0.05) is 13.8 Å². The molecule has 2 heterocycles. The number of rotatable bonds is 9. The number of carbonyl (C=O) groups excluding carboxylic acids is 2. The summed E-state index contributed by atoms with van der Waals surface area (Å²) >= 11 is 0. The van der Waals surface area contributed by atoms with Crippen molar-refractivity contribution in [2.45, 2.75) is 52.1 Å². The van der Waals surface area contributed by atoms with Gasteiger partial charge in [0.1, 0.15) is 6.54 Å². The smallest absolute Gasteiger partial charge is 0.241 e. The van der Waals surface area contributed by atoms with Gasteiger partial charge in [-0.05, 0) is 56.7 Å². The van der Waals surface area contributed by atoms with Gasteiger partial charge in [-0.15, -0.1) is 0 Å². The predicted octanol–water partition coefficient (Wildman–Crippen LogP) is 1.26. The minimum absolute atomic E-state index is 0.0523. The van der Waals surface area contributed by atoms with E-state index in [9.17, 15) is 9.59 Å². The minimum Gasteiger partial charge on any atom is -0.352 e. The van der Waals surface area contributed by atoms with Crippen molar-refractivity contribution in [1.82, 2.24) is 25.3 Å². The van der Waals surface area contributed by atoms with Gasteiger partial charge in [0.05, 0.1) is 0 Å². The van der Waals surface area contributed by atoms with E-state index in [2.05, 4.69) is 34.5 Å². The Labute approximate surface area is 161 Å². The van der Waals surface area contributed by atoms with Crippen LogP contribution in [0.15, 0.2) is 18.5 Å². The SMILES string of the molecule is CC(C)C(CNC(=O)Cn1cccn1)NC(=O)C1CCN(CC2CC2)CC1. The second-order valence-corrected chi connectivity index (χ2v) is 8.39. The Morgan fingerprint density at radius 2 is 1.93 bits per heavy atom. The quantitative estimate of drug-likeness (QED) is 0.681. The third kappa shape index (κ3) is 6.34. The molecule has 2 aliphatic rings. The normalized spacial score (nSPS) is 19.8. The predicted molar refractivity (Wildman–Crippen MR) is 104 cm³/mol. The number of carbonyl (C=O) groups is 2. The van der Waals surface area contributed by atoms with Crippen LogP contribution in [-0.2, 0) is 16.1 Å². The second kappa shape index (κ2) is 9.35. The molecule has 1 aromatic heterocycles. The fourth-order valence-corrected chi connectivity index (χ4v) is 3.62. The average molecular weight is 376 g/mol. The lowest BCUT2D eigenvalue weighted by Gasteiger charge is -2.32. The summed E-state index contributed by atoms with van der Waals surface area (Å²) in [5.41, 5.74) is 0. The van der Waals surface area contributed by atoms with Crippen molar-refractivity contribution in [2.24, 2.45) is 17.8 Å². The summed E-state index contributed by atoms with van der Waals surface area (Å²) in [6.45, 7) is 8.06. The molecule has 150 valence electrons. The highest BCUT2D eigenvalue weighted by Crippen LogP contribution is 2.31. The van der Waals surface area contributed by atoms with Crippen molar-refractivity contribution < 1.29 is 9.59 Å². The molecule has 1 aliphatic heterocycles. The summed E-state index contributed by atoms with van der Waals surface area (Å²) in [6, 6.07) is 1.74. The average Bonchev–Trinajstić information content (AvgIpc) is 3.31. The first-order valence-corrected chi connectivity index (χ1v) is 10.3. The van der Waals surface area contributed by atoms with Gasteiger partial charge in [-0.3, -0.25) is 14.3 Å². The standard InChI is InChI=1S/C20H33N5O2/c1-15(2)18(12-21-19(26)14-25-9-3-8-22-25)23-20(27)17-6-10-24(11-7-17)13-16-4-5-16/h3,8-9,15-18H,4-7,10-14H2,1-2H3,(H,21,26)(H,23,27). The Bertz CT molecular complexity index is 604. The van der Waals surface area contributed by atoms with Gasteiger partial charge in [0.15, 0.2) is 0 Å². The Kier molecular flexibility index (Phi) is 6.88. The summed E-state index contributed by atoms with van der Waals surface area (Å²) < 4.78 is 1.59. The Hall–Kier alpha value is -1.89. The molecule has 2 fully saturated rings. The lowest BCUT2D eigenvalue weighted by molar-refractivity contribution is -0.128. The molecular formula is C20H33N5O2. The molecule has 2 amide bonds. The van der Waals surface area contributed by atoms with Crippen LogP contribution < -0.4 is 10.6 Å². The van der Waals surface area contributed by atoms with Gasteiger partial charge in [0.2, 0.25) is 11.8 Å². The summed E-state index contributed by atoms with van der Waals surface area (Å²) in [4.78, 5) is 27.3. The van der Waals surface area contributed by atoms with E-state index < -0.39 is 0 Å². The number of likely N-dealkylation sites (tertiary alicyclic amines) is 1. The van der Waals surface area contributed by atoms with E-state index in [-0.39, 0.29) is 36.2 Å². The van der Waals surface area contributed by atoms with E-state index in [1.807, 2.05) is 0 Å². The van der Waals surface area contributed by atoms with Crippen molar-refractivity contribution in [1.29, 1.82) is 0 Å². The molecule has 7 heteroatoms. The molecule has 0 radical (unpaired) electrons. The highest BCUT2D eigenvalue weighted by molar-refractivity contribution is 5.79. The van der Waals surface area contributed by atoms with Crippen LogP contribution in [0.3, 0.4) is 0 Å². The molecule has 3 rings (SSSR count). The lowest BCUT2D eigenvalue weighted by Crippen LogP contribution is -2.50. The van der Waals surface area contributed by atoms with Crippen LogP contribution in [0.25, 0.3) is 0 Å². The van der Waals surface area contributed by atoms with Crippen molar-refractivity contribution in [3.05, 3.63) is 18.5 Å². The van der Waals surface area contributed by atoms with E-state index >= 15 is 0 Å². The van der Waals surface area contributed by atoms with Crippen molar-refractivity contribution in [3.8, 4) is 0 Å². The van der Waals surface area contributed by atoms with E-state index in [0.29, 0.717) is 6.54 Å². The maximum absolute atomic E-state index is 12.7. The minimum atomic E-state index is -0.0908. The molecule has 0 aromatic carbocycles. The first-order chi connectivity index (χ1) is 13.0. The zero-order valence-electron chi connectivity index (χ0n) is 16.6. The number of piperidine rings is 1. The van der Waals surface area contributed by atoms with E-state index in [1.54, 1.807) is 23.1 Å². The Morgan fingerprint density at radius 1 is 1.19 bits per heavy atom. The molecule has 1 saturated heterocycles. The van der Waals surface area contributed by atoms with E-state index in [1.165, 1.54) is 19.4 Å². The number of aromatic nitrogens is 2. The summed E-state index contributed by atoms with van der Waals surface area (Å²) in [5.74, 6) is 1.31. The monoisotopic (exact) mass is 375 g/mol. The van der Waals surface area contributed by atoms with E-state index in [4.69, 9.17) is 0 Å². The molecule has 1 saturated carbocycles. The van der Waals surface area contributed by atoms with Crippen LogP contribution in [0.4, 0.5) is 0 Å². The van der Waals surface area contributed by atoms with Crippen molar-refractivity contribution in [2.75, 3.05) is 26.2 Å². The number of amides is 2. The first kappa shape index (κ1) is 19.9. The summed E-state index contributed by atoms with van der Waals surface area (Å²) in [7, 11) is 0. The van der Waals surface area contributed by atoms with Gasteiger partial charge in [0, 0.05) is 37.4 Å². The molecule has 2 N–H and O–H groups in total. The van der Waals surface area contributed by atoms with Gasteiger partial charge < -0.3 is 15.5 Å². The van der Waals surface area contributed by atoms with Crippen LogP contribution in [0.2, 0.25) is 0 Å². The number of nitrogens with one attached hydrogen (secondary N) is 2. The zero-order chi connectivity index (χ0) is 19.2. The fourth-order valence-electron chi connectivity index (χ4n) is 3.62. The molecule has 1 aliphatic carbocycles. The van der Waals surface area contributed by atoms with E-state index in [0.717, 1.165) is 31.8 Å². The van der Waals surface area contributed by atoms with Gasteiger partial charge in [-0.25, -0.2) is 0 Å². The van der Waals surface area contributed by atoms with Crippen LogP contribution in [-0.4, -0.2) is 58.7 Å². The summed E-state index contributed by atoms with van der Waals surface area (Å²) in [5, 5.41) is 10.1. The number of nitrogens with zero attached hydrogens (tertiary/aromatic N) is 3. The van der Waals surface area contributed by atoms with Crippen LogP contribution >= 0.6 is 0 Å². The summed E-state index contributed by atoms with van der Waals surface area (Å²) in [6.07, 6.45) is 8.05. The highest BCUT2D eigenvalue weighted by atomic mass is 16.2.